The molecule has 3 atom stereocenters. The van der Waals surface area contributed by atoms with Gasteiger partial charge in [-0.3, -0.25) is 5.32 Å². The molecule has 1 aliphatic rings. The molecule has 0 aromatic heterocycles. The highest BCUT2D eigenvalue weighted by Crippen LogP contribution is 2.16. The van der Waals surface area contributed by atoms with Crippen molar-refractivity contribution < 1.29 is 9.84 Å². The Morgan fingerprint density at radius 3 is 2.94 bits per heavy atom. The first kappa shape index (κ1) is 14.2. The van der Waals surface area contributed by atoms with Crippen LogP contribution in [-0.4, -0.2) is 42.2 Å². The lowest BCUT2D eigenvalue weighted by Crippen LogP contribution is -2.48. The van der Waals surface area contributed by atoms with E-state index in [1.165, 1.54) is 0 Å². The number of nitrogens with zero attached hydrogens (tertiary/aromatic N) is 1. The number of ether oxygens (including phenoxy) is 1. The second-order valence-electron chi connectivity index (χ2n) is 4.32. The van der Waals surface area contributed by atoms with Gasteiger partial charge in [0.25, 0.3) is 0 Å². The molecular formula is C12H23N3O2. The van der Waals surface area contributed by atoms with E-state index in [1.54, 1.807) is 7.11 Å². The molecule has 0 amide bonds. The van der Waals surface area contributed by atoms with Gasteiger partial charge in [-0.05, 0) is 19.9 Å². The Kier molecular flexibility index (Phi) is 5.64. The topological polar surface area (TPSA) is 70.8 Å². The monoisotopic (exact) mass is 241 g/mol. The molecule has 0 aliphatic carbocycles. The summed E-state index contributed by atoms with van der Waals surface area (Å²) in [5.74, 6) is 0. The molecule has 1 rings (SSSR count). The number of hydrogen-bond donors (Lipinski definition) is 3. The number of aliphatic hydroxyl groups excluding tert-OH is 1. The number of aliphatic hydroxyl groups is 1. The smallest absolute Gasteiger partial charge is 0.105 e. The molecule has 98 valence electrons. The van der Waals surface area contributed by atoms with Crippen LogP contribution in [0, 0.1) is 0 Å². The van der Waals surface area contributed by atoms with Gasteiger partial charge in [-0.25, -0.2) is 0 Å². The second kappa shape index (κ2) is 6.76. The first-order valence-corrected chi connectivity index (χ1v) is 5.89. The lowest BCUT2D eigenvalue weighted by atomic mass is 10.1. The van der Waals surface area contributed by atoms with Crippen molar-refractivity contribution in [3.05, 3.63) is 24.0 Å². The van der Waals surface area contributed by atoms with Gasteiger partial charge in [-0.2, -0.15) is 0 Å². The molecule has 4 N–H and O–H groups in total. The van der Waals surface area contributed by atoms with Crippen LogP contribution in [0.4, 0.5) is 0 Å². The molecule has 0 radical (unpaired) electrons. The van der Waals surface area contributed by atoms with E-state index in [1.807, 2.05) is 12.3 Å². The second-order valence-corrected chi connectivity index (χ2v) is 4.32. The number of rotatable bonds is 5. The summed E-state index contributed by atoms with van der Waals surface area (Å²) in [6.45, 7) is 4.77. The molecule has 0 bridgehead atoms. The van der Waals surface area contributed by atoms with E-state index in [4.69, 9.17) is 15.6 Å². The highest BCUT2D eigenvalue weighted by Gasteiger charge is 2.21. The Hall–Kier alpha value is -0.880. The minimum atomic E-state index is -0.798. The van der Waals surface area contributed by atoms with Crippen molar-refractivity contribution in [2.45, 2.75) is 38.7 Å². The predicted molar refractivity (Wildman–Crippen MR) is 67.8 cm³/mol. The summed E-state index contributed by atoms with van der Waals surface area (Å²) in [6.07, 6.45) is 5.78. The maximum atomic E-state index is 9.01. The fourth-order valence-electron chi connectivity index (χ4n) is 1.94. The fourth-order valence-corrected chi connectivity index (χ4v) is 1.94. The summed E-state index contributed by atoms with van der Waals surface area (Å²) in [4.78, 5) is 2.09. The summed E-state index contributed by atoms with van der Waals surface area (Å²) in [5.41, 5.74) is 6.41. The Bertz CT molecular complexity index is 289. The summed E-state index contributed by atoms with van der Waals surface area (Å²) < 4.78 is 5.19. The number of methoxy groups -OCH3 is 1. The van der Waals surface area contributed by atoms with Gasteiger partial charge >= 0.3 is 0 Å². The minimum Gasteiger partial charge on any atom is -0.379 e. The quantitative estimate of drug-likeness (QED) is 0.605. The van der Waals surface area contributed by atoms with Gasteiger partial charge in [0.15, 0.2) is 0 Å². The third-order valence-corrected chi connectivity index (χ3v) is 2.63. The molecule has 0 saturated carbocycles. The van der Waals surface area contributed by atoms with Crippen molar-refractivity contribution in [3.63, 3.8) is 0 Å². The van der Waals surface area contributed by atoms with Crippen LogP contribution in [0.5, 0.6) is 0 Å². The van der Waals surface area contributed by atoms with Gasteiger partial charge in [0.05, 0.1) is 12.8 Å². The van der Waals surface area contributed by atoms with E-state index in [9.17, 15) is 0 Å². The van der Waals surface area contributed by atoms with E-state index in [2.05, 4.69) is 30.1 Å². The lowest BCUT2D eigenvalue weighted by Gasteiger charge is -2.37. The van der Waals surface area contributed by atoms with Gasteiger partial charge in [0.1, 0.15) is 6.23 Å². The number of hydrogen-bond acceptors (Lipinski definition) is 5. The minimum absolute atomic E-state index is 0.200. The van der Waals surface area contributed by atoms with Crippen LogP contribution in [0.1, 0.15) is 20.3 Å². The van der Waals surface area contributed by atoms with E-state index in [-0.39, 0.29) is 6.17 Å². The Labute approximate surface area is 103 Å². The Balaban J connectivity index is 2.71. The van der Waals surface area contributed by atoms with E-state index in [0.717, 1.165) is 5.70 Å². The summed E-state index contributed by atoms with van der Waals surface area (Å²) in [5, 5.41) is 12.4. The van der Waals surface area contributed by atoms with Gasteiger partial charge in [0, 0.05) is 31.5 Å². The Morgan fingerprint density at radius 1 is 1.65 bits per heavy atom. The first-order valence-electron chi connectivity index (χ1n) is 5.89. The third kappa shape index (κ3) is 4.47. The maximum absolute atomic E-state index is 9.01. The standard InChI is InChI=1S/C12H23N3O2/c1-9-7-11(8-17-3)15(10(2)14-9)6-4-5-12(13)16/h4,6-7,9-10,12,14,16H,5,8,13H2,1-3H3/b6-4-. The first-order chi connectivity index (χ1) is 8.04. The summed E-state index contributed by atoms with van der Waals surface area (Å²) >= 11 is 0. The molecule has 5 heteroatoms. The zero-order valence-corrected chi connectivity index (χ0v) is 10.8. The van der Waals surface area contributed by atoms with Crippen molar-refractivity contribution in [2.24, 2.45) is 5.73 Å². The van der Waals surface area contributed by atoms with Gasteiger partial charge in [-0.1, -0.05) is 6.08 Å². The van der Waals surface area contributed by atoms with Crippen LogP contribution in [-0.2, 0) is 4.74 Å². The van der Waals surface area contributed by atoms with E-state index >= 15 is 0 Å². The molecule has 5 nitrogen and oxygen atoms in total. The van der Waals surface area contributed by atoms with Crippen molar-refractivity contribution in [3.8, 4) is 0 Å². The maximum Gasteiger partial charge on any atom is 0.105 e. The molecule has 0 spiro atoms. The Morgan fingerprint density at radius 2 is 2.35 bits per heavy atom. The fraction of sp³-hybridized carbons (Fsp3) is 0.667. The number of nitrogens with two attached hydrogens (primary N) is 1. The molecule has 1 heterocycles. The molecule has 0 fully saturated rings. The van der Waals surface area contributed by atoms with Crippen LogP contribution in [0.15, 0.2) is 24.0 Å². The molecular weight excluding hydrogens is 218 g/mol. The SMILES string of the molecule is COCC1=CC(C)NC(C)N1/C=C\CC(N)O. The highest BCUT2D eigenvalue weighted by atomic mass is 16.5. The van der Waals surface area contributed by atoms with Crippen LogP contribution >= 0.6 is 0 Å². The lowest BCUT2D eigenvalue weighted by molar-refractivity contribution is 0.170. The van der Waals surface area contributed by atoms with Crippen LogP contribution in [0.25, 0.3) is 0 Å². The van der Waals surface area contributed by atoms with E-state index < -0.39 is 6.23 Å². The van der Waals surface area contributed by atoms with Gasteiger partial charge < -0.3 is 20.5 Å². The van der Waals surface area contributed by atoms with Crippen LogP contribution in [0.3, 0.4) is 0 Å². The summed E-state index contributed by atoms with van der Waals surface area (Å²) in [6, 6.07) is 0.333. The molecule has 0 saturated heterocycles. The van der Waals surface area contributed by atoms with Gasteiger partial charge in [0.2, 0.25) is 0 Å². The number of nitrogens with one attached hydrogen (secondary N) is 1. The zero-order valence-electron chi connectivity index (χ0n) is 10.8. The third-order valence-electron chi connectivity index (χ3n) is 2.63. The van der Waals surface area contributed by atoms with E-state index in [0.29, 0.717) is 19.1 Å². The largest absolute Gasteiger partial charge is 0.379 e. The zero-order chi connectivity index (χ0) is 12.8. The van der Waals surface area contributed by atoms with Crippen LogP contribution in [0.2, 0.25) is 0 Å². The molecule has 1 aliphatic heterocycles. The highest BCUT2D eigenvalue weighted by molar-refractivity contribution is 5.14. The van der Waals surface area contributed by atoms with Gasteiger partial charge in [-0.15, -0.1) is 0 Å². The molecule has 17 heavy (non-hydrogen) atoms. The van der Waals surface area contributed by atoms with Crippen molar-refractivity contribution in [1.29, 1.82) is 0 Å². The molecule has 3 unspecified atom stereocenters. The normalized spacial score (nSPS) is 27.4. The average Bonchev–Trinajstić information content (AvgIpc) is 2.21. The van der Waals surface area contributed by atoms with Crippen LogP contribution < -0.4 is 11.1 Å². The average molecular weight is 241 g/mol. The molecule has 0 aromatic rings. The summed E-state index contributed by atoms with van der Waals surface area (Å²) in [7, 11) is 1.68. The predicted octanol–water partition coefficient (Wildman–Crippen LogP) is 0.337. The van der Waals surface area contributed by atoms with Crippen molar-refractivity contribution >= 4 is 0 Å². The van der Waals surface area contributed by atoms with Crippen molar-refractivity contribution in [2.75, 3.05) is 13.7 Å². The molecule has 0 aromatic carbocycles. The van der Waals surface area contributed by atoms with Crippen molar-refractivity contribution in [1.82, 2.24) is 10.2 Å².